The van der Waals surface area contributed by atoms with E-state index in [1.165, 1.54) is 0 Å². The van der Waals surface area contributed by atoms with Crippen LogP contribution in [-0.4, -0.2) is 71.5 Å². The van der Waals surface area contributed by atoms with Gasteiger partial charge in [-0.3, -0.25) is 9.59 Å². The van der Waals surface area contributed by atoms with E-state index in [0.717, 1.165) is 17.7 Å². The van der Waals surface area contributed by atoms with Crippen molar-refractivity contribution in [3.63, 3.8) is 0 Å². The minimum absolute atomic E-state index is 0.104. The molecule has 0 radical (unpaired) electrons. The average Bonchev–Trinajstić information content (AvgIpc) is 3.08. The van der Waals surface area contributed by atoms with Crippen LogP contribution in [0.5, 0.6) is 11.5 Å². The summed E-state index contributed by atoms with van der Waals surface area (Å²) in [4.78, 5) is 25.6. The van der Waals surface area contributed by atoms with E-state index in [-0.39, 0.29) is 6.04 Å². The van der Waals surface area contributed by atoms with Crippen molar-refractivity contribution in [3.05, 3.63) is 35.1 Å². The highest BCUT2D eigenvalue weighted by Gasteiger charge is 2.72. The molecule has 5 rings (SSSR count). The number of esters is 1. The molecule has 2 aliphatic heterocycles. The summed E-state index contributed by atoms with van der Waals surface area (Å²) < 4.78 is 17.5. The second-order valence-electron chi connectivity index (χ2n) is 8.91. The van der Waals surface area contributed by atoms with Crippen LogP contribution in [0.2, 0.25) is 0 Å². The van der Waals surface area contributed by atoms with Crippen LogP contribution in [-0.2, 0) is 26.2 Å². The number of carbonyl (C=O) groups is 2. The van der Waals surface area contributed by atoms with E-state index in [4.69, 9.17) is 25.1 Å². The van der Waals surface area contributed by atoms with Gasteiger partial charge in [-0.1, -0.05) is 6.07 Å². The van der Waals surface area contributed by atoms with Crippen LogP contribution in [0.3, 0.4) is 0 Å². The third-order valence-electron chi connectivity index (χ3n) is 7.49. The number of aliphatic carboxylic acids is 1. The molecule has 9 heteroatoms. The summed E-state index contributed by atoms with van der Waals surface area (Å²) >= 11 is 0. The van der Waals surface area contributed by atoms with Gasteiger partial charge < -0.3 is 35.1 Å². The molecule has 4 N–H and O–H groups in total. The number of piperidine rings is 1. The van der Waals surface area contributed by atoms with E-state index >= 15 is 0 Å². The number of methoxy groups -OCH3 is 1. The Morgan fingerprint density at radius 2 is 2.19 bits per heavy atom. The lowest BCUT2D eigenvalue weighted by atomic mass is 9.50. The van der Waals surface area contributed by atoms with Gasteiger partial charge in [-0.15, -0.1) is 0 Å². The highest BCUT2D eigenvalue weighted by molar-refractivity contribution is 5.81. The van der Waals surface area contributed by atoms with Gasteiger partial charge in [0.2, 0.25) is 0 Å². The highest BCUT2D eigenvalue weighted by atomic mass is 16.6. The van der Waals surface area contributed by atoms with Gasteiger partial charge in [0.05, 0.1) is 24.5 Å². The third kappa shape index (κ3) is 2.54. The number of ether oxygens (including phenoxy) is 3. The monoisotopic (exact) mass is 430 g/mol. The quantitative estimate of drug-likeness (QED) is 0.565. The molecule has 0 unspecified atom stereocenters. The number of carboxylic acids is 1. The Morgan fingerprint density at radius 1 is 1.42 bits per heavy atom. The second kappa shape index (κ2) is 6.69. The van der Waals surface area contributed by atoms with Crippen LogP contribution >= 0.6 is 0 Å². The standard InChI is InChI=1S/C22H26N2O7/c1-24-8-7-21-17-11-3-4-13(29-2)18(17)31-19(21)14(5-6-22(21,28)15(24)9-11)30-16(25)10-12(23)20(26)27/h3-5,12,15,19,28H,6-10,23H2,1-2H3,(H,26,27)/t12-,15-,19+,21+,22-/m0/s1. The maximum absolute atomic E-state index is 12.4. The SMILES string of the molecule is COc1ccc2c3c1O[C@@H]1C(OC(=O)C[C@H](N)C(=O)O)=CC[C@]4(O)[C@H](C2)N(C)CC[C@@]314. The number of nitrogens with zero attached hydrogens (tertiary/aromatic N) is 1. The van der Waals surface area contributed by atoms with Crippen LogP contribution in [0.4, 0.5) is 0 Å². The number of aliphatic hydroxyl groups is 1. The van der Waals surface area contributed by atoms with Crippen LogP contribution in [0.15, 0.2) is 24.0 Å². The van der Waals surface area contributed by atoms with Crippen molar-refractivity contribution in [1.29, 1.82) is 0 Å². The van der Waals surface area contributed by atoms with Crippen molar-refractivity contribution in [1.82, 2.24) is 4.90 Å². The van der Waals surface area contributed by atoms with Gasteiger partial charge in [-0.2, -0.15) is 0 Å². The number of likely N-dealkylation sites (N-methyl/N-ethyl adjacent to an activating group) is 1. The lowest BCUT2D eigenvalue weighted by Crippen LogP contribution is -2.74. The molecule has 166 valence electrons. The Morgan fingerprint density at radius 3 is 2.90 bits per heavy atom. The summed E-state index contributed by atoms with van der Waals surface area (Å²) in [5.74, 6) is -0.568. The first-order chi connectivity index (χ1) is 14.7. The topological polar surface area (TPSA) is 132 Å². The Hall–Kier alpha value is -2.62. The minimum Gasteiger partial charge on any atom is -0.493 e. The summed E-state index contributed by atoms with van der Waals surface area (Å²) in [5.41, 5.74) is 5.65. The van der Waals surface area contributed by atoms with Crippen molar-refractivity contribution in [2.45, 2.75) is 54.9 Å². The van der Waals surface area contributed by atoms with Gasteiger partial charge in [-0.05, 0) is 44.1 Å². The number of rotatable bonds is 5. The number of nitrogens with two attached hydrogens (primary N) is 1. The predicted octanol–water partition coefficient (Wildman–Crippen LogP) is 0.318. The molecule has 5 atom stereocenters. The van der Waals surface area contributed by atoms with Gasteiger partial charge in [0.25, 0.3) is 0 Å². The van der Waals surface area contributed by atoms with Gasteiger partial charge >= 0.3 is 11.9 Å². The first kappa shape index (κ1) is 20.3. The zero-order chi connectivity index (χ0) is 22.1. The highest BCUT2D eigenvalue weighted by Crippen LogP contribution is 2.65. The molecule has 0 saturated carbocycles. The van der Waals surface area contributed by atoms with Crippen LogP contribution < -0.4 is 15.2 Å². The smallest absolute Gasteiger partial charge is 0.321 e. The number of likely N-dealkylation sites (tertiary alicyclic amines) is 1. The lowest BCUT2D eigenvalue weighted by Gasteiger charge is -2.61. The number of carbonyl (C=O) groups excluding carboxylic acids is 1. The van der Waals surface area contributed by atoms with Gasteiger partial charge in [0.1, 0.15) is 11.8 Å². The van der Waals surface area contributed by atoms with Crippen molar-refractivity contribution < 1.29 is 34.0 Å². The molecule has 1 spiro atoms. The molecule has 0 amide bonds. The number of carboxylic acid groups (broad SMARTS) is 1. The second-order valence-corrected chi connectivity index (χ2v) is 8.91. The number of benzene rings is 1. The Kier molecular flexibility index (Phi) is 4.38. The van der Waals surface area contributed by atoms with E-state index in [1.54, 1.807) is 13.2 Å². The van der Waals surface area contributed by atoms with Crippen LogP contribution in [0.25, 0.3) is 0 Å². The van der Waals surface area contributed by atoms with Gasteiger partial charge in [-0.25, -0.2) is 0 Å². The number of hydrogen-bond donors (Lipinski definition) is 3. The maximum atomic E-state index is 12.4. The molecule has 2 heterocycles. The molecule has 4 aliphatic rings. The Balaban J connectivity index is 1.59. The molecule has 1 aromatic carbocycles. The molecule has 1 aromatic rings. The summed E-state index contributed by atoms with van der Waals surface area (Å²) in [5, 5.41) is 21.1. The predicted molar refractivity (Wildman–Crippen MR) is 108 cm³/mol. The molecule has 1 fully saturated rings. The largest absolute Gasteiger partial charge is 0.493 e. The molecule has 31 heavy (non-hydrogen) atoms. The molecular weight excluding hydrogens is 404 g/mol. The summed E-state index contributed by atoms with van der Waals surface area (Å²) in [6.07, 6.45) is 2.14. The maximum Gasteiger partial charge on any atom is 0.321 e. The minimum atomic E-state index is -1.34. The van der Waals surface area contributed by atoms with Gasteiger partial charge in [0.15, 0.2) is 17.6 Å². The van der Waals surface area contributed by atoms with E-state index in [2.05, 4.69) is 4.90 Å². The van der Waals surface area contributed by atoms with Crippen LogP contribution in [0, 0.1) is 0 Å². The molecular formula is C22H26N2O7. The summed E-state index contributed by atoms with van der Waals surface area (Å²) in [6.45, 7) is 0.758. The van der Waals surface area contributed by atoms with Crippen molar-refractivity contribution in [2.24, 2.45) is 5.73 Å². The van der Waals surface area contributed by atoms with Crippen molar-refractivity contribution in [2.75, 3.05) is 20.7 Å². The zero-order valence-corrected chi connectivity index (χ0v) is 17.5. The fourth-order valence-electron chi connectivity index (χ4n) is 6.03. The normalized spacial score (nSPS) is 33.6. The van der Waals surface area contributed by atoms with E-state index in [1.807, 2.05) is 19.2 Å². The molecule has 2 bridgehead atoms. The lowest BCUT2D eigenvalue weighted by molar-refractivity contribution is -0.169. The molecule has 9 nitrogen and oxygen atoms in total. The van der Waals surface area contributed by atoms with E-state index < -0.39 is 41.5 Å². The van der Waals surface area contributed by atoms with Crippen molar-refractivity contribution >= 4 is 11.9 Å². The molecule has 1 saturated heterocycles. The first-order valence-corrected chi connectivity index (χ1v) is 10.4. The third-order valence-corrected chi connectivity index (χ3v) is 7.49. The fraction of sp³-hybridized carbons (Fsp3) is 0.545. The summed E-state index contributed by atoms with van der Waals surface area (Å²) in [7, 11) is 3.58. The molecule has 2 aliphatic carbocycles. The first-order valence-electron chi connectivity index (χ1n) is 10.4. The zero-order valence-electron chi connectivity index (χ0n) is 17.5. The fourth-order valence-corrected chi connectivity index (χ4v) is 6.03. The van der Waals surface area contributed by atoms with E-state index in [9.17, 15) is 14.7 Å². The van der Waals surface area contributed by atoms with Gasteiger partial charge in [0, 0.05) is 18.0 Å². The Labute approximate surface area is 179 Å². The van der Waals surface area contributed by atoms with E-state index in [0.29, 0.717) is 36.5 Å². The van der Waals surface area contributed by atoms with Crippen LogP contribution in [0.1, 0.15) is 30.4 Å². The Bertz CT molecular complexity index is 1010. The summed E-state index contributed by atoms with van der Waals surface area (Å²) in [6, 6.07) is 2.44. The van der Waals surface area contributed by atoms with Crippen molar-refractivity contribution in [3.8, 4) is 11.5 Å². The molecule has 0 aromatic heterocycles. The average molecular weight is 430 g/mol. The number of hydrogen-bond acceptors (Lipinski definition) is 8.